The van der Waals surface area contributed by atoms with Gasteiger partial charge in [0.05, 0.1) is 23.1 Å². The van der Waals surface area contributed by atoms with E-state index in [0.29, 0.717) is 23.9 Å². The molecule has 0 aliphatic heterocycles. The lowest BCUT2D eigenvalue weighted by Crippen LogP contribution is -2.38. The SMILES string of the molecule is NC(CNC(=O)c1cnn(-c2ccccc2)c1C1CC1)C1CC1. The fourth-order valence-electron chi connectivity index (χ4n) is 3.05. The van der Waals surface area contributed by atoms with Crippen LogP contribution in [0.4, 0.5) is 0 Å². The van der Waals surface area contributed by atoms with Crippen molar-refractivity contribution in [2.24, 2.45) is 11.7 Å². The molecule has 1 aromatic heterocycles. The molecule has 2 saturated carbocycles. The topological polar surface area (TPSA) is 72.9 Å². The van der Waals surface area contributed by atoms with Gasteiger partial charge in [-0.15, -0.1) is 0 Å². The smallest absolute Gasteiger partial charge is 0.254 e. The van der Waals surface area contributed by atoms with E-state index in [0.717, 1.165) is 24.2 Å². The van der Waals surface area contributed by atoms with Gasteiger partial charge in [-0.25, -0.2) is 4.68 Å². The number of aromatic nitrogens is 2. The minimum absolute atomic E-state index is 0.0508. The molecule has 23 heavy (non-hydrogen) atoms. The summed E-state index contributed by atoms with van der Waals surface area (Å²) < 4.78 is 1.91. The molecule has 2 aromatic rings. The number of hydrogen-bond donors (Lipinski definition) is 2. The van der Waals surface area contributed by atoms with Gasteiger partial charge in [-0.05, 0) is 43.7 Å². The Kier molecular flexibility index (Phi) is 3.65. The standard InChI is InChI=1S/C18H22N4O/c19-16(12-6-7-12)11-20-18(23)15-10-21-22(17(15)13-8-9-13)14-4-2-1-3-5-14/h1-5,10,12-13,16H,6-9,11,19H2,(H,20,23). The molecule has 1 atom stereocenters. The monoisotopic (exact) mass is 310 g/mol. The Labute approximate surface area is 135 Å². The highest BCUT2D eigenvalue weighted by Gasteiger charge is 2.33. The molecule has 0 spiro atoms. The van der Waals surface area contributed by atoms with E-state index in [1.165, 1.54) is 12.8 Å². The molecule has 2 fully saturated rings. The minimum Gasteiger partial charge on any atom is -0.350 e. The van der Waals surface area contributed by atoms with Crippen molar-refractivity contribution in [1.29, 1.82) is 0 Å². The number of rotatable bonds is 6. The van der Waals surface area contributed by atoms with Crippen LogP contribution in [0.5, 0.6) is 0 Å². The first kappa shape index (κ1) is 14.5. The van der Waals surface area contributed by atoms with Crippen molar-refractivity contribution < 1.29 is 4.79 Å². The summed E-state index contributed by atoms with van der Waals surface area (Å²) >= 11 is 0. The summed E-state index contributed by atoms with van der Waals surface area (Å²) in [4.78, 5) is 12.6. The zero-order chi connectivity index (χ0) is 15.8. The maximum Gasteiger partial charge on any atom is 0.254 e. The number of hydrogen-bond acceptors (Lipinski definition) is 3. The molecule has 1 unspecified atom stereocenters. The summed E-state index contributed by atoms with van der Waals surface area (Å²) in [5.74, 6) is 0.978. The van der Waals surface area contributed by atoms with Gasteiger partial charge in [-0.3, -0.25) is 4.79 Å². The van der Waals surface area contributed by atoms with Gasteiger partial charge in [0.25, 0.3) is 5.91 Å². The zero-order valence-electron chi connectivity index (χ0n) is 13.1. The maximum absolute atomic E-state index is 12.6. The van der Waals surface area contributed by atoms with Gasteiger partial charge in [0, 0.05) is 18.5 Å². The molecule has 3 N–H and O–H groups in total. The van der Waals surface area contributed by atoms with Crippen LogP contribution in [0.15, 0.2) is 36.5 Å². The lowest BCUT2D eigenvalue weighted by molar-refractivity contribution is 0.0949. The van der Waals surface area contributed by atoms with E-state index in [1.807, 2.05) is 35.0 Å². The summed E-state index contributed by atoms with van der Waals surface area (Å²) in [5, 5.41) is 7.46. The van der Waals surface area contributed by atoms with Crippen molar-refractivity contribution in [3.8, 4) is 5.69 Å². The molecule has 4 rings (SSSR count). The summed E-state index contributed by atoms with van der Waals surface area (Å²) in [6, 6.07) is 10.1. The van der Waals surface area contributed by atoms with Gasteiger partial charge in [-0.1, -0.05) is 18.2 Å². The van der Waals surface area contributed by atoms with Crippen molar-refractivity contribution in [3.63, 3.8) is 0 Å². The fourth-order valence-corrected chi connectivity index (χ4v) is 3.05. The van der Waals surface area contributed by atoms with Crippen LogP contribution in [-0.4, -0.2) is 28.3 Å². The second kappa shape index (κ2) is 5.81. The van der Waals surface area contributed by atoms with E-state index in [4.69, 9.17) is 5.73 Å². The van der Waals surface area contributed by atoms with E-state index in [2.05, 4.69) is 10.4 Å². The molecule has 5 nitrogen and oxygen atoms in total. The summed E-state index contributed by atoms with van der Waals surface area (Å²) in [6.45, 7) is 0.546. The van der Waals surface area contributed by atoms with Crippen LogP contribution >= 0.6 is 0 Å². The highest BCUT2D eigenvalue weighted by Crippen LogP contribution is 2.42. The third-order valence-electron chi connectivity index (χ3n) is 4.74. The van der Waals surface area contributed by atoms with Gasteiger partial charge in [0.2, 0.25) is 0 Å². The Morgan fingerprint density at radius 1 is 1.26 bits per heavy atom. The normalized spacial score (nSPS) is 18.7. The predicted octanol–water partition coefficient (Wildman–Crippen LogP) is 2.22. The molecule has 2 aliphatic rings. The predicted molar refractivity (Wildman–Crippen MR) is 88.6 cm³/mol. The van der Waals surface area contributed by atoms with Crippen molar-refractivity contribution in [1.82, 2.24) is 15.1 Å². The molecule has 120 valence electrons. The van der Waals surface area contributed by atoms with Gasteiger partial charge in [0.15, 0.2) is 0 Å². The van der Waals surface area contributed by atoms with E-state index in [1.54, 1.807) is 6.20 Å². The Balaban J connectivity index is 1.56. The van der Waals surface area contributed by atoms with Gasteiger partial charge in [0.1, 0.15) is 0 Å². The Morgan fingerprint density at radius 2 is 2.00 bits per heavy atom. The van der Waals surface area contributed by atoms with E-state index >= 15 is 0 Å². The number of nitrogens with one attached hydrogen (secondary N) is 1. The number of nitrogens with two attached hydrogens (primary N) is 1. The Hall–Kier alpha value is -2.14. The number of para-hydroxylation sites is 1. The molecular weight excluding hydrogens is 288 g/mol. The second-order valence-electron chi connectivity index (χ2n) is 6.68. The molecule has 1 amide bonds. The number of carbonyl (C=O) groups excluding carboxylic acids is 1. The molecule has 2 aliphatic carbocycles. The fraction of sp³-hybridized carbons (Fsp3) is 0.444. The van der Waals surface area contributed by atoms with Gasteiger partial charge >= 0.3 is 0 Å². The van der Waals surface area contributed by atoms with E-state index in [-0.39, 0.29) is 11.9 Å². The first-order chi connectivity index (χ1) is 11.2. The van der Waals surface area contributed by atoms with Crippen LogP contribution in [0.25, 0.3) is 5.69 Å². The summed E-state index contributed by atoms with van der Waals surface area (Å²) in [7, 11) is 0. The second-order valence-corrected chi connectivity index (χ2v) is 6.68. The number of carbonyl (C=O) groups is 1. The largest absolute Gasteiger partial charge is 0.350 e. The van der Waals surface area contributed by atoms with Crippen LogP contribution in [0.1, 0.15) is 47.7 Å². The van der Waals surface area contributed by atoms with Gasteiger partial charge in [-0.2, -0.15) is 5.10 Å². The average molecular weight is 310 g/mol. The van der Waals surface area contributed by atoms with Crippen LogP contribution in [-0.2, 0) is 0 Å². The van der Waals surface area contributed by atoms with E-state index < -0.39 is 0 Å². The quantitative estimate of drug-likeness (QED) is 0.859. The Bertz CT molecular complexity index is 701. The van der Waals surface area contributed by atoms with Crippen LogP contribution in [0, 0.1) is 5.92 Å². The molecule has 0 saturated heterocycles. The molecule has 1 heterocycles. The molecule has 5 heteroatoms. The van der Waals surface area contributed by atoms with Crippen molar-refractivity contribution in [2.75, 3.05) is 6.54 Å². The van der Waals surface area contributed by atoms with Crippen LogP contribution in [0.3, 0.4) is 0 Å². The summed E-state index contributed by atoms with van der Waals surface area (Å²) in [6.07, 6.45) is 6.33. The first-order valence-electron chi connectivity index (χ1n) is 8.41. The maximum atomic E-state index is 12.6. The third-order valence-corrected chi connectivity index (χ3v) is 4.74. The van der Waals surface area contributed by atoms with E-state index in [9.17, 15) is 4.79 Å². The molecule has 0 bridgehead atoms. The molecular formula is C18H22N4O. The highest BCUT2D eigenvalue weighted by atomic mass is 16.1. The van der Waals surface area contributed by atoms with Crippen molar-refractivity contribution >= 4 is 5.91 Å². The van der Waals surface area contributed by atoms with Crippen molar-refractivity contribution in [3.05, 3.63) is 47.8 Å². The lowest BCUT2D eigenvalue weighted by atomic mass is 10.1. The Morgan fingerprint density at radius 3 is 2.65 bits per heavy atom. The van der Waals surface area contributed by atoms with Gasteiger partial charge < -0.3 is 11.1 Å². The lowest BCUT2D eigenvalue weighted by Gasteiger charge is -2.12. The summed E-state index contributed by atoms with van der Waals surface area (Å²) in [5.41, 5.74) is 8.81. The highest BCUT2D eigenvalue weighted by molar-refractivity contribution is 5.95. The van der Waals surface area contributed by atoms with Crippen LogP contribution < -0.4 is 11.1 Å². The first-order valence-corrected chi connectivity index (χ1v) is 8.41. The molecule has 0 radical (unpaired) electrons. The molecule has 1 aromatic carbocycles. The third kappa shape index (κ3) is 3.01. The number of amides is 1. The minimum atomic E-state index is -0.0508. The number of nitrogens with zero attached hydrogens (tertiary/aromatic N) is 2. The van der Waals surface area contributed by atoms with Crippen LogP contribution in [0.2, 0.25) is 0 Å². The van der Waals surface area contributed by atoms with Crippen molar-refractivity contribution in [2.45, 2.75) is 37.6 Å². The average Bonchev–Trinajstić information content (AvgIpc) is 3.50. The number of benzene rings is 1. The zero-order valence-corrected chi connectivity index (χ0v) is 13.1.